The Morgan fingerprint density at radius 2 is 1.76 bits per heavy atom. The van der Waals surface area contributed by atoms with Gasteiger partial charge in [0.1, 0.15) is 0 Å². The van der Waals surface area contributed by atoms with E-state index < -0.39 is 10.0 Å². The van der Waals surface area contributed by atoms with Gasteiger partial charge in [-0.05, 0) is 29.4 Å². The predicted octanol–water partition coefficient (Wildman–Crippen LogP) is 1.41. The van der Waals surface area contributed by atoms with Gasteiger partial charge in [-0.25, -0.2) is 13.1 Å². The highest BCUT2D eigenvalue weighted by Crippen LogP contribution is 2.28. The molecule has 118 valence electrons. The number of hydrogen-bond donors (Lipinski definition) is 2. The van der Waals surface area contributed by atoms with Gasteiger partial charge in [0.2, 0.25) is 10.0 Å². The lowest BCUT2D eigenvalue weighted by Gasteiger charge is -2.33. The first-order valence-electron chi connectivity index (χ1n) is 7.16. The smallest absolute Gasteiger partial charge is 0.215 e. The van der Waals surface area contributed by atoms with E-state index in [0.717, 1.165) is 24.0 Å². The molecule has 0 atom stereocenters. The zero-order chi connectivity index (χ0) is 15.3. The van der Waals surface area contributed by atoms with Crippen molar-refractivity contribution in [3.8, 4) is 0 Å². The van der Waals surface area contributed by atoms with Crippen LogP contribution in [-0.4, -0.2) is 33.3 Å². The summed E-state index contributed by atoms with van der Waals surface area (Å²) in [5, 5.41) is 8.98. The van der Waals surface area contributed by atoms with E-state index in [0.29, 0.717) is 19.8 Å². The molecular weight excluding hydrogens is 290 g/mol. The first kappa shape index (κ1) is 16.4. The van der Waals surface area contributed by atoms with Crippen LogP contribution in [0.15, 0.2) is 24.3 Å². The Hall–Kier alpha value is -0.950. The van der Waals surface area contributed by atoms with Gasteiger partial charge in [-0.15, -0.1) is 0 Å². The molecule has 2 N–H and O–H groups in total. The molecule has 1 fully saturated rings. The molecule has 0 bridgehead atoms. The first-order chi connectivity index (χ1) is 9.92. The maximum Gasteiger partial charge on any atom is 0.215 e. The van der Waals surface area contributed by atoms with Gasteiger partial charge in [0.05, 0.1) is 12.4 Å². The summed E-state index contributed by atoms with van der Waals surface area (Å²) in [5.41, 5.74) is 1.47. The zero-order valence-corrected chi connectivity index (χ0v) is 13.2. The van der Waals surface area contributed by atoms with Crippen LogP contribution < -0.4 is 4.72 Å². The second kappa shape index (κ2) is 6.87. The quantitative estimate of drug-likeness (QED) is 0.833. The lowest BCUT2D eigenvalue weighted by Crippen LogP contribution is -2.39. The maximum absolute atomic E-state index is 12.1. The molecule has 1 aliphatic rings. The average Bonchev–Trinajstić information content (AvgIpc) is 2.47. The van der Waals surface area contributed by atoms with Gasteiger partial charge in [-0.2, -0.15) is 0 Å². The van der Waals surface area contributed by atoms with E-state index in [4.69, 9.17) is 9.84 Å². The second-order valence-corrected chi connectivity index (χ2v) is 7.78. The number of aliphatic hydroxyl groups excluding tert-OH is 1. The number of nitrogens with one attached hydrogen (secondary N) is 1. The fraction of sp³-hybridized carbons (Fsp3) is 0.600. The van der Waals surface area contributed by atoms with Crippen LogP contribution in [0, 0.1) is 5.41 Å². The summed E-state index contributed by atoms with van der Waals surface area (Å²) in [7, 11) is -3.35. The van der Waals surface area contributed by atoms with Crippen molar-refractivity contribution >= 4 is 10.0 Å². The number of sulfonamides is 1. The lowest BCUT2D eigenvalue weighted by atomic mass is 9.83. The Kier molecular flexibility index (Phi) is 5.37. The van der Waals surface area contributed by atoms with Crippen LogP contribution in [0.25, 0.3) is 0 Å². The van der Waals surface area contributed by atoms with Gasteiger partial charge in [0.15, 0.2) is 0 Å². The topological polar surface area (TPSA) is 75.6 Å². The fourth-order valence-electron chi connectivity index (χ4n) is 2.34. The Bertz CT molecular complexity index is 548. The summed E-state index contributed by atoms with van der Waals surface area (Å²) in [6.07, 6.45) is 1.75. The standard InChI is InChI=1S/C15H23NO4S/c1-15(6-8-20-9-7-15)12-16-21(18,19)11-14-4-2-13(10-17)3-5-14/h2-5,16-17H,6-12H2,1H3. The van der Waals surface area contributed by atoms with Crippen molar-refractivity contribution < 1.29 is 18.3 Å². The molecule has 1 aromatic carbocycles. The molecule has 0 aliphatic carbocycles. The minimum Gasteiger partial charge on any atom is -0.392 e. The van der Waals surface area contributed by atoms with Gasteiger partial charge in [-0.1, -0.05) is 31.2 Å². The molecule has 0 spiro atoms. The molecule has 2 rings (SSSR count). The number of rotatable bonds is 6. The minimum absolute atomic E-state index is 0.0218. The molecular formula is C15H23NO4S. The van der Waals surface area contributed by atoms with Crippen molar-refractivity contribution in [3.63, 3.8) is 0 Å². The average molecular weight is 313 g/mol. The Balaban J connectivity index is 1.91. The number of benzene rings is 1. The van der Waals surface area contributed by atoms with Crippen LogP contribution in [0.4, 0.5) is 0 Å². The second-order valence-electron chi connectivity index (χ2n) is 5.98. The van der Waals surface area contributed by atoms with E-state index >= 15 is 0 Å². The van der Waals surface area contributed by atoms with E-state index in [1.54, 1.807) is 24.3 Å². The third-order valence-electron chi connectivity index (χ3n) is 3.98. The van der Waals surface area contributed by atoms with E-state index in [-0.39, 0.29) is 17.8 Å². The Labute approximate surface area is 126 Å². The van der Waals surface area contributed by atoms with Crippen molar-refractivity contribution in [2.75, 3.05) is 19.8 Å². The largest absolute Gasteiger partial charge is 0.392 e. The fourth-order valence-corrected chi connectivity index (χ4v) is 3.64. The summed E-state index contributed by atoms with van der Waals surface area (Å²) >= 11 is 0. The van der Waals surface area contributed by atoms with Crippen LogP contribution in [0.5, 0.6) is 0 Å². The molecule has 0 radical (unpaired) electrons. The molecule has 1 heterocycles. The van der Waals surface area contributed by atoms with Gasteiger partial charge in [0.25, 0.3) is 0 Å². The highest BCUT2D eigenvalue weighted by Gasteiger charge is 2.28. The van der Waals surface area contributed by atoms with E-state index in [1.165, 1.54) is 0 Å². The summed E-state index contributed by atoms with van der Waals surface area (Å²) in [4.78, 5) is 0. The predicted molar refractivity (Wildman–Crippen MR) is 81.2 cm³/mol. The van der Waals surface area contributed by atoms with Gasteiger partial charge >= 0.3 is 0 Å². The van der Waals surface area contributed by atoms with E-state index in [9.17, 15) is 8.42 Å². The molecule has 1 aliphatic heterocycles. The number of hydrogen-bond acceptors (Lipinski definition) is 4. The highest BCUT2D eigenvalue weighted by atomic mass is 32.2. The molecule has 0 unspecified atom stereocenters. The molecule has 6 heteroatoms. The highest BCUT2D eigenvalue weighted by molar-refractivity contribution is 7.88. The molecule has 21 heavy (non-hydrogen) atoms. The van der Waals surface area contributed by atoms with E-state index in [2.05, 4.69) is 11.6 Å². The minimum atomic E-state index is -3.35. The first-order valence-corrected chi connectivity index (χ1v) is 8.81. The van der Waals surface area contributed by atoms with Crippen molar-refractivity contribution in [1.82, 2.24) is 4.72 Å². The third-order valence-corrected chi connectivity index (χ3v) is 5.28. The van der Waals surface area contributed by atoms with Crippen molar-refractivity contribution in [2.45, 2.75) is 32.1 Å². The van der Waals surface area contributed by atoms with Crippen molar-refractivity contribution in [1.29, 1.82) is 0 Å². The van der Waals surface area contributed by atoms with Crippen LogP contribution >= 0.6 is 0 Å². The molecule has 1 saturated heterocycles. The van der Waals surface area contributed by atoms with Crippen LogP contribution in [-0.2, 0) is 27.1 Å². The van der Waals surface area contributed by atoms with Crippen molar-refractivity contribution in [3.05, 3.63) is 35.4 Å². The van der Waals surface area contributed by atoms with Crippen LogP contribution in [0.3, 0.4) is 0 Å². The Morgan fingerprint density at radius 3 is 2.33 bits per heavy atom. The molecule has 0 saturated carbocycles. The summed E-state index contributed by atoms with van der Waals surface area (Å²) in [6.45, 7) is 3.90. The normalized spacial score (nSPS) is 18.6. The van der Waals surface area contributed by atoms with Crippen LogP contribution in [0.1, 0.15) is 30.9 Å². The van der Waals surface area contributed by atoms with Crippen LogP contribution in [0.2, 0.25) is 0 Å². The number of aliphatic hydroxyl groups is 1. The monoisotopic (exact) mass is 313 g/mol. The van der Waals surface area contributed by atoms with E-state index in [1.807, 2.05) is 0 Å². The number of ether oxygens (including phenoxy) is 1. The molecule has 1 aromatic rings. The van der Waals surface area contributed by atoms with Gasteiger partial charge < -0.3 is 9.84 Å². The Morgan fingerprint density at radius 1 is 1.19 bits per heavy atom. The maximum atomic E-state index is 12.1. The molecule has 5 nitrogen and oxygen atoms in total. The summed E-state index contributed by atoms with van der Waals surface area (Å²) < 4.78 is 32.3. The van der Waals surface area contributed by atoms with Crippen molar-refractivity contribution in [2.24, 2.45) is 5.41 Å². The zero-order valence-electron chi connectivity index (χ0n) is 12.3. The lowest BCUT2D eigenvalue weighted by molar-refractivity contribution is 0.0264. The summed E-state index contributed by atoms with van der Waals surface area (Å²) in [6, 6.07) is 6.96. The van der Waals surface area contributed by atoms with Gasteiger partial charge in [0, 0.05) is 19.8 Å². The third kappa shape index (κ3) is 5.07. The molecule has 0 amide bonds. The van der Waals surface area contributed by atoms with Gasteiger partial charge in [-0.3, -0.25) is 0 Å². The molecule has 0 aromatic heterocycles. The SMILES string of the molecule is CC1(CNS(=O)(=O)Cc2ccc(CO)cc2)CCOCC1. The summed E-state index contributed by atoms with van der Waals surface area (Å²) in [5.74, 6) is -0.0364.